The number of pyridine rings is 1. The molecule has 0 aliphatic rings. The molecular weight excluding hydrogens is 360 g/mol. The maximum Gasteiger partial charge on any atom is 0.422 e. The Hall–Kier alpha value is -2.29. The summed E-state index contributed by atoms with van der Waals surface area (Å²) in [4.78, 5) is 16.3. The van der Waals surface area contributed by atoms with Gasteiger partial charge in [-0.05, 0) is 30.3 Å². The molecule has 0 aliphatic carbocycles. The molecule has 2 aromatic rings. The first kappa shape index (κ1) is 19.0. The maximum atomic E-state index is 12.8. The van der Waals surface area contributed by atoms with Gasteiger partial charge in [-0.25, -0.2) is 9.37 Å². The van der Waals surface area contributed by atoms with Crippen molar-refractivity contribution in [1.29, 1.82) is 0 Å². The third-order valence-electron chi connectivity index (χ3n) is 2.88. The van der Waals surface area contributed by atoms with Gasteiger partial charge in [-0.15, -0.1) is 11.8 Å². The predicted molar refractivity (Wildman–Crippen MR) is 84.8 cm³/mol. The first-order valence-electron chi connectivity index (χ1n) is 7.12. The van der Waals surface area contributed by atoms with Crippen molar-refractivity contribution in [2.45, 2.75) is 17.6 Å². The van der Waals surface area contributed by atoms with E-state index in [-0.39, 0.29) is 29.9 Å². The van der Waals surface area contributed by atoms with Crippen molar-refractivity contribution in [3.05, 3.63) is 54.0 Å². The molecule has 1 aromatic carbocycles. The average molecular weight is 374 g/mol. The van der Waals surface area contributed by atoms with E-state index in [1.165, 1.54) is 42.2 Å². The maximum absolute atomic E-state index is 12.8. The molecule has 4 nitrogen and oxygen atoms in total. The van der Waals surface area contributed by atoms with Gasteiger partial charge < -0.3 is 10.1 Å². The summed E-state index contributed by atoms with van der Waals surface area (Å²) in [5.74, 6) is -0.770. The second kappa shape index (κ2) is 8.70. The van der Waals surface area contributed by atoms with Gasteiger partial charge in [-0.1, -0.05) is 6.07 Å². The van der Waals surface area contributed by atoms with Crippen molar-refractivity contribution >= 4 is 17.7 Å². The summed E-state index contributed by atoms with van der Waals surface area (Å²) >= 11 is 1.22. The van der Waals surface area contributed by atoms with Gasteiger partial charge in [0.05, 0.1) is 5.75 Å². The first-order chi connectivity index (χ1) is 11.8. The number of benzene rings is 1. The molecule has 2 rings (SSSR count). The molecule has 0 aliphatic heterocycles. The molecule has 1 heterocycles. The van der Waals surface area contributed by atoms with Gasteiger partial charge in [0.15, 0.2) is 6.61 Å². The van der Waals surface area contributed by atoms with E-state index in [0.717, 1.165) is 4.90 Å². The van der Waals surface area contributed by atoms with Gasteiger partial charge in [0, 0.05) is 23.2 Å². The Morgan fingerprint density at radius 2 is 1.92 bits per heavy atom. The summed E-state index contributed by atoms with van der Waals surface area (Å²) in [6.07, 6.45) is -3.16. The molecule has 0 fully saturated rings. The molecular formula is C16H14F4N2O2S. The number of alkyl halides is 3. The zero-order chi connectivity index (χ0) is 18.3. The number of ether oxygens (including phenoxy) is 1. The average Bonchev–Trinajstić information content (AvgIpc) is 2.57. The number of carbonyl (C=O) groups is 1. The highest BCUT2D eigenvalue weighted by Gasteiger charge is 2.29. The van der Waals surface area contributed by atoms with Gasteiger partial charge in [-0.2, -0.15) is 13.2 Å². The van der Waals surface area contributed by atoms with E-state index in [1.54, 1.807) is 12.1 Å². The van der Waals surface area contributed by atoms with Crippen molar-refractivity contribution in [3.8, 4) is 5.88 Å². The minimum atomic E-state index is -4.47. The highest BCUT2D eigenvalue weighted by atomic mass is 32.2. The molecule has 25 heavy (non-hydrogen) atoms. The molecule has 9 heteroatoms. The molecule has 1 aromatic heterocycles. The SMILES string of the molecule is O=C(CSc1ccc(F)cc1)NCc1cccnc1OCC(F)(F)F. The number of aromatic nitrogens is 1. The lowest BCUT2D eigenvalue weighted by Gasteiger charge is -2.12. The van der Waals surface area contributed by atoms with Crippen LogP contribution in [0.3, 0.4) is 0 Å². The van der Waals surface area contributed by atoms with Crippen molar-refractivity contribution < 1.29 is 27.1 Å². The van der Waals surface area contributed by atoms with Crippen LogP contribution in [-0.4, -0.2) is 29.4 Å². The number of rotatable bonds is 7. The Labute approximate surface area is 145 Å². The largest absolute Gasteiger partial charge is 0.468 e. The summed E-state index contributed by atoms with van der Waals surface area (Å²) in [5, 5.41) is 2.58. The quantitative estimate of drug-likeness (QED) is 0.595. The molecule has 134 valence electrons. The Bertz CT molecular complexity index is 708. The zero-order valence-electron chi connectivity index (χ0n) is 12.8. The molecule has 1 amide bonds. The number of nitrogens with zero attached hydrogens (tertiary/aromatic N) is 1. The second-order valence-electron chi connectivity index (χ2n) is 4.89. The van der Waals surface area contributed by atoms with E-state index in [4.69, 9.17) is 0 Å². The summed E-state index contributed by atoms with van der Waals surface area (Å²) in [6.45, 7) is -1.46. The van der Waals surface area contributed by atoms with Crippen LogP contribution >= 0.6 is 11.8 Å². The van der Waals surface area contributed by atoms with Crippen molar-refractivity contribution in [2.24, 2.45) is 0 Å². The summed E-state index contributed by atoms with van der Waals surface area (Å²) in [6, 6.07) is 8.75. The lowest BCUT2D eigenvalue weighted by atomic mass is 10.2. The van der Waals surface area contributed by atoms with Crippen LogP contribution in [0.4, 0.5) is 17.6 Å². The van der Waals surface area contributed by atoms with Crippen molar-refractivity contribution in [3.63, 3.8) is 0 Å². The number of halogens is 4. The minimum absolute atomic E-state index is 0.0101. The van der Waals surface area contributed by atoms with Crippen LogP contribution in [0.2, 0.25) is 0 Å². The fourth-order valence-electron chi connectivity index (χ4n) is 1.76. The molecule has 0 saturated carbocycles. The second-order valence-corrected chi connectivity index (χ2v) is 5.94. The molecule has 0 radical (unpaired) electrons. The molecule has 0 unspecified atom stereocenters. The van der Waals surface area contributed by atoms with Crippen LogP contribution in [0.5, 0.6) is 5.88 Å². The normalized spacial score (nSPS) is 11.2. The van der Waals surface area contributed by atoms with Crippen molar-refractivity contribution in [2.75, 3.05) is 12.4 Å². The van der Waals surface area contributed by atoms with Gasteiger partial charge in [0.2, 0.25) is 11.8 Å². The predicted octanol–water partition coefficient (Wildman–Crippen LogP) is 3.57. The van der Waals surface area contributed by atoms with E-state index in [9.17, 15) is 22.4 Å². The minimum Gasteiger partial charge on any atom is -0.468 e. The molecule has 0 atom stereocenters. The highest BCUT2D eigenvalue weighted by Crippen LogP contribution is 2.20. The van der Waals surface area contributed by atoms with Gasteiger partial charge in [0.1, 0.15) is 5.82 Å². The molecule has 0 bridgehead atoms. The van der Waals surface area contributed by atoms with E-state index in [0.29, 0.717) is 5.56 Å². The number of amides is 1. The Morgan fingerprint density at radius 3 is 2.60 bits per heavy atom. The van der Waals surface area contributed by atoms with Crippen LogP contribution in [-0.2, 0) is 11.3 Å². The Balaban J connectivity index is 1.84. The van der Waals surface area contributed by atoms with Crippen LogP contribution in [0, 0.1) is 5.82 Å². The third kappa shape index (κ3) is 7.00. The highest BCUT2D eigenvalue weighted by molar-refractivity contribution is 8.00. The van der Waals surface area contributed by atoms with E-state index >= 15 is 0 Å². The summed E-state index contributed by atoms with van der Waals surface area (Å²) in [7, 11) is 0. The van der Waals surface area contributed by atoms with Crippen LogP contribution < -0.4 is 10.1 Å². The van der Waals surface area contributed by atoms with Gasteiger partial charge in [0.25, 0.3) is 0 Å². The topological polar surface area (TPSA) is 51.2 Å². The van der Waals surface area contributed by atoms with Crippen molar-refractivity contribution in [1.82, 2.24) is 10.3 Å². The molecule has 0 saturated heterocycles. The van der Waals surface area contributed by atoms with E-state index in [1.807, 2.05) is 0 Å². The van der Waals surface area contributed by atoms with Gasteiger partial charge >= 0.3 is 6.18 Å². The van der Waals surface area contributed by atoms with E-state index < -0.39 is 12.8 Å². The van der Waals surface area contributed by atoms with E-state index in [2.05, 4.69) is 15.0 Å². The first-order valence-corrected chi connectivity index (χ1v) is 8.10. The fourth-order valence-corrected chi connectivity index (χ4v) is 2.49. The molecule has 1 N–H and O–H groups in total. The van der Waals surface area contributed by atoms with Crippen LogP contribution in [0.15, 0.2) is 47.5 Å². The standard InChI is InChI=1S/C16H14F4N2O2S/c17-12-3-5-13(6-4-12)25-9-14(23)22-8-11-2-1-7-21-15(11)24-10-16(18,19)20/h1-7H,8-10H2,(H,22,23). The zero-order valence-corrected chi connectivity index (χ0v) is 13.7. The number of thioether (sulfide) groups is 1. The Morgan fingerprint density at radius 1 is 1.20 bits per heavy atom. The number of nitrogens with one attached hydrogen (secondary N) is 1. The fraction of sp³-hybridized carbons (Fsp3) is 0.250. The lowest BCUT2D eigenvalue weighted by Crippen LogP contribution is -2.25. The van der Waals surface area contributed by atoms with Crippen LogP contribution in [0.1, 0.15) is 5.56 Å². The number of hydrogen-bond acceptors (Lipinski definition) is 4. The lowest BCUT2D eigenvalue weighted by molar-refractivity contribution is -0.154. The number of hydrogen-bond donors (Lipinski definition) is 1. The summed E-state index contributed by atoms with van der Waals surface area (Å²) in [5.41, 5.74) is 0.340. The summed E-state index contributed by atoms with van der Waals surface area (Å²) < 4.78 is 54.1. The smallest absolute Gasteiger partial charge is 0.422 e. The third-order valence-corrected chi connectivity index (χ3v) is 3.89. The Kier molecular flexibility index (Phi) is 6.63. The van der Waals surface area contributed by atoms with Crippen LogP contribution in [0.25, 0.3) is 0 Å². The van der Waals surface area contributed by atoms with Gasteiger partial charge in [-0.3, -0.25) is 4.79 Å². The molecule has 0 spiro atoms. The monoisotopic (exact) mass is 374 g/mol. The number of carbonyl (C=O) groups excluding carboxylic acids is 1.